The molecule has 0 saturated carbocycles. The van der Waals surface area contributed by atoms with Gasteiger partial charge in [-0.25, -0.2) is 11.0 Å². The standard InChI is InChI=1S/C12H15Cl2N3O4/c13-8-6-15-7-9(14)11(8)12(19)17-21-5-3-1-2-4-10(18)16-20/h6-7,20H,1-5H2,(H,16,18)(H,17,19). The van der Waals surface area contributed by atoms with Gasteiger partial charge in [-0.1, -0.05) is 29.6 Å². The molecule has 1 heterocycles. The van der Waals surface area contributed by atoms with Crippen LogP contribution in [0.1, 0.15) is 36.0 Å². The van der Waals surface area contributed by atoms with E-state index in [1.54, 1.807) is 5.48 Å². The molecule has 0 aromatic carbocycles. The molecule has 0 fully saturated rings. The van der Waals surface area contributed by atoms with Crippen molar-refractivity contribution in [3.8, 4) is 0 Å². The van der Waals surface area contributed by atoms with E-state index in [1.165, 1.54) is 12.4 Å². The molecule has 9 heteroatoms. The van der Waals surface area contributed by atoms with Crippen molar-refractivity contribution in [3.63, 3.8) is 0 Å². The number of rotatable bonds is 8. The van der Waals surface area contributed by atoms with Crippen molar-refractivity contribution < 1.29 is 19.6 Å². The molecule has 0 unspecified atom stereocenters. The molecule has 0 aliphatic heterocycles. The highest BCUT2D eigenvalue weighted by Gasteiger charge is 2.14. The van der Waals surface area contributed by atoms with Gasteiger partial charge in [-0.3, -0.25) is 24.6 Å². The van der Waals surface area contributed by atoms with Crippen LogP contribution in [0.25, 0.3) is 0 Å². The maximum atomic E-state index is 11.8. The lowest BCUT2D eigenvalue weighted by atomic mass is 10.2. The van der Waals surface area contributed by atoms with Crippen LogP contribution in [-0.4, -0.2) is 28.6 Å². The van der Waals surface area contributed by atoms with Crippen LogP contribution < -0.4 is 11.0 Å². The van der Waals surface area contributed by atoms with Gasteiger partial charge in [-0.15, -0.1) is 0 Å². The second-order valence-electron chi connectivity index (χ2n) is 4.10. The van der Waals surface area contributed by atoms with Gasteiger partial charge < -0.3 is 0 Å². The van der Waals surface area contributed by atoms with E-state index in [0.717, 1.165) is 6.42 Å². The summed E-state index contributed by atoms with van der Waals surface area (Å²) < 4.78 is 0. The molecular weight excluding hydrogens is 321 g/mol. The van der Waals surface area contributed by atoms with Gasteiger partial charge in [0.2, 0.25) is 5.91 Å². The largest absolute Gasteiger partial charge is 0.289 e. The molecule has 0 saturated heterocycles. The summed E-state index contributed by atoms with van der Waals surface area (Å²) in [5, 5.41) is 8.57. The van der Waals surface area contributed by atoms with Crippen molar-refractivity contribution >= 4 is 35.0 Å². The van der Waals surface area contributed by atoms with Crippen molar-refractivity contribution in [2.45, 2.75) is 25.7 Å². The number of nitrogens with one attached hydrogen (secondary N) is 2. The first kappa shape index (κ1) is 17.6. The number of nitrogens with zero attached hydrogens (tertiary/aromatic N) is 1. The van der Waals surface area contributed by atoms with Gasteiger partial charge in [0.05, 0.1) is 22.2 Å². The van der Waals surface area contributed by atoms with Crippen LogP contribution in [0.4, 0.5) is 0 Å². The Morgan fingerprint density at radius 2 is 1.86 bits per heavy atom. The van der Waals surface area contributed by atoms with Gasteiger partial charge in [0, 0.05) is 18.8 Å². The summed E-state index contributed by atoms with van der Waals surface area (Å²) in [5.41, 5.74) is 3.89. The number of pyridine rings is 1. The first-order valence-corrected chi connectivity index (χ1v) is 6.96. The number of carbonyl (C=O) groups is 2. The Labute approximate surface area is 131 Å². The zero-order valence-corrected chi connectivity index (χ0v) is 12.6. The molecule has 1 aromatic heterocycles. The maximum Gasteiger partial charge on any atom is 0.277 e. The van der Waals surface area contributed by atoms with Crippen LogP contribution in [0.15, 0.2) is 12.4 Å². The quantitative estimate of drug-likeness (QED) is 0.383. The average molecular weight is 336 g/mol. The van der Waals surface area contributed by atoms with Gasteiger partial charge in [0.25, 0.3) is 5.91 Å². The molecule has 0 aliphatic carbocycles. The summed E-state index contributed by atoms with van der Waals surface area (Å²) in [4.78, 5) is 31.3. The highest BCUT2D eigenvalue weighted by Crippen LogP contribution is 2.22. The number of hydrogen-bond acceptors (Lipinski definition) is 5. The highest BCUT2D eigenvalue weighted by atomic mass is 35.5. The highest BCUT2D eigenvalue weighted by molar-refractivity contribution is 6.39. The van der Waals surface area contributed by atoms with Crippen molar-refractivity contribution in [2.24, 2.45) is 0 Å². The third-order valence-electron chi connectivity index (χ3n) is 2.52. The number of hydrogen-bond donors (Lipinski definition) is 3. The minimum Gasteiger partial charge on any atom is -0.289 e. The van der Waals surface area contributed by atoms with Crippen LogP contribution in [0.3, 0.4) is 0 Å². The number of amides is 2. The third-order valence-corrected chi connectivity index (χ3v) is 3.09. The molecule has 3 N–H and O–H groups in total. The fraction of sp³-hybridized carbons (Fsp3) is 0.417. The SMILES string of the molecule is O=C(CCCCCONC(=O)c1c(Cl)cncc1Cl)NO. The zero-order valence-electron chi connectivity index (χ0n) is 11.1. The van der Waals surface area contributed by atoms with E-state index >= 15 is 0 Å². The Morgan fingerprint density at radius 3 is 2.48 bits per heavy atom. The minimum atomic E-state index is -0.549. The number of carbonyl (C=O) groups excluding carboxylic acids is 2. The monoisotopic (exact) mass is 335 g/mol. The summed E-state index contributed by atoms with van der Waals surface area (Å²) in [5.74, 6) is -0.974. The van der Waals surface area contributed by atoms with Crippen LogP contribution in [-0.2, 0) is 9.63 Å². The Balaban J connectivity index is 2.21. The Kier molecular flexibility index (Phi) is 7.99. The van der Waals surface area contributed by atoms with Crippen LogP contribution in [0, 0.1) is 0 Å². The molecule has 1 rings (SSSR count). The molecule has 0 radical (unpaired) electrons. The predicted molar refractivity (Wildman–Crippen MR) is 76.1 cm³/mol. The number of aromatic nitrogens is 1. The lowest BCUT2D eigenvalue weighted by Crippen LogP contribution is -2.25. The minimum absolute atomic E-state index is 0.105. The fourth-order valence-electron chi connectivity index (χ4n) is 1.49. The van der Waals surface area contributed by atoms with Crippen LogP contribution in [0.5, 0.6) is 0 Å². The van der Waals surface area contributed by atoms with Crippen molar-refractivity contribution in [1.29, 1.82) is 0 Å². The smallest absolute Gasteiger partial charge is 0.277 e. The van der Waals surface area contributed by atoms with E-state index in [2.05, 4.69) is 10.5 Å². The van der Waals surface area contributed by atoms with Crippen LogP contribution >= 0.6 is 23.2 Å². The van der Waals surface area contributed by atoms with Crippen molar-refractivity contribution in [2.75, 3.05) is 6.61 Å². The summed E-state index contributed by atoms with van der Waals surface area (Å²) >= 11 is 11.7. The summed E-state index contributed by atoms with van der Waals surface area (Å²) in [6.45, 7) is 0.285. The molecule has 116 valence electrons. The second-order valence-corrected chi connectivity index (χ2v) is 4.92. The van der Waals surface area contributed by atoms with Gasteiger partial charge in [0.1, 0.15) is 0 Å². The first-order chi connectivity index (χ1) is 10.1. The van der Waals surface area contributed by atoms with E-state index in [-0.39, 0.29) is 28.6 Å². The third kappa shape index (κ3) is 6.26. The van der Waals surface area contributed by atoms with Crippen LogP contribution in [0.2, 0.25) is 10.0 Å². The molecular formula is C12H15Cl2N3O4. The number of halogens is 2. The number of unbranched alkanes of at least 4 members (excludes halogenated alkanes) is 2. The lowest BCUT2D eigenvalue weighted by Gasteiger charge is -2.08. The Morgan fingerprint density at radius 1 is 1.19 bits per heavy atom. The van der Waals surface area contributed by atoms with Gasteiger partial charge >= 0.3 is 0 Å². The topological polar surface area (TPSA) is 101 Å². The molecule has 0 bridgehead atoms. The molecule has 7 nitrogen and oxygen atoms in total. The molecule has 1 aromatic rings. The molecule has 0 aliphatic rings. The fourth-order valence-corrected chi connectivity index (χ4v) is 2.02. The normalized spacial score (nSPS) is 10.2. The van der Waals surface area contributed by atoms with E-state index in [4.69, 9.17) is 33.2 Å². The van der Waals surface area contributed by atoms with E-state index in [0.29, 0.717) is 12.8 Å². The van der Waals surface area contributed by atoms with Crippen molar-refractivity contribution in [3.05, 3.63) is 28.0 Å². The second kappa shape index (κ2) is 9.51. The van der Waals surface area contributed by atoms with E-state index < -0.39 is 11.8 Å². The Bertz CT molecular complexity index is 479. The van der Waals surface area contributed by atoms with E-state index in [1.807, 2.05) is 0 Å². The molecule has 21 heavy (non-hydrogen) atoms. The van der Waals surface area contributed by atoms with Gasteiger partial charge in [-0.05, 0) is 12.8 Å². The summed E-state index contributed by atoms with van der Waals surface area (Å²) in [7, 11) is 0. The maximum absolute atomic E-state index is 11.8. The van der Waals surface area contributed by atoms with Gasteiger partial charge in [0.15, 0.2) is 0 Å². The zero-order chi connectivity index (χ0) is 15.7. The summed E-state index contributed by atoms with van der Waals surface area (Å²) in [6.07, 6.45) is 4.86. The molecule has 0 spiro atoms. The van der Waals surface area contributed by atoms with E-state index in [9.17, 15) is 9.59 Å². The number of hydroxylamine groups is 2. The summed E-state index contributed by atoms with van der Waals surface area (Å²) in [6, 6.07) is 0. The first-order valence-electron chi connectivity index (χ1n) is 6.20. The predicted octanol–water partition coefficient (Wildman–Crippen LogP) is 2.12. The lowest BCUT2D eigenvalue weighted by molar-refractivity contribution is -0.129. The molecule has 2 amide bonds. The Hall–Kier alpha value is -1.41. The van der Waals surface area contributed by atoms with Gasteiger partial charge in [-0.2, -0.15) is 0 Å². The van der Waals surface area contributed by atoms with Crippen molar-refractivity contribution in [1.82, 2.24) is 15.9 Å². The molecule has 0 atom stereocenters. The average Bonchev–Trinajstić information content (AvgIpc) is 2.45.